The van der Waals surface area contributed by atoms with Crippen LogP contribution in [0.1, 0.15) is 11.1 Å². The second kappa shape index (κ2) is 5.96. The molecule has 1 aliphatic carbocycles. The largest absolute Gasteiger partial charge is 0.334 e. The highest BCUT2D eigenvalue weighted by atomic mass is 35.5. The monoisotopic (exact) mass is 320 g/mol. The Labute approximate surface area is 133 Å². The summed E-state index contributed by atoms with van der Waals surface area (Å²) in [5, 5.41) is 6.53. The number of fused-ring (bicyclic) bond motifs is 1. The van der Waals surface area contributed by atoms with Crippen molar-refractivity contribution in [3.05, 3.63) is 63.6 Å². The second-order valence-corrected chi connectivity index (χ2v) is 5.88. The number of para-hydroxylation sites is 1. The predicted molar refractivity (Wildman–Crippen MR) is 86.3 cm³/mol. The van der Waals surface area contributed by atoms with Gasteiger partial charge in [-0.25, -0.2) is 4.79 Å². The van der Waals surface area contributed by atoms with Gasteiger partial charge in [-0.3, -0.25) is 0 Å². The Morgan fingerprint density at radius 3 is 2.10 bits per heavy atom. The SMILES string of the molecule is O=C(Nc1c(Cl)cccc1Cl)NC1Cc2ccccc2C1. The molecule has 0 saturated heterocycles. The number of hydrogen-bond donors (Lipinski definition) is 2. The summed E-state index contributed by atoms with van der Waals surface area (Å²) < 4.78 is 0. The fourth-order valence-electron chi connectivity index (χ4n) is 2.61. The average Bonchev–Trinajstić information content (AvgIpc) is 2.85. The number of carbonyl (C=O) groups is 1. The minimum atomic E-state index is -0.289. The summed E-state index contributed by atoms with van der Waals surface area (Å²) in [7, 11) is 0. The summed E-state index contributed by atoms with van der Waals surface area (Å²) >= 11 is 12.1. The van der Waals surface area contributed by atoms with Crippen molar-refractivity contribution in [2.24, 2.45) is 0 Å². The van der Waals surface area contributed by atoms with Crippen molar-refractivity contribution in [2.45, 2.75) is 18.9 Å². The molecule has 21 heavy (non-hydrogen) atoms. The number of rotatable bonds is 2. The van der Waals surface area contributed by atoms with Crippen molar-refractivity contribution in [1.29, 1.82) is 0 Å². The third-order valence-corrected chi connectivity index (χ3v) is 4.22. The van der Waals surface area contributed by atoms with Gasteiger partial charge in [0.15, 0.2) is 0 Å². The van der Waals surface area contributed by atoms with Gasteiger partial charge in [0.1, 0.15) is 0 Å². The number of anilines is 1. The first-order valence-corrected chi connectivity index (χ1v) is 7.47. The van der Waals surface area contributed by atoms with E-state index in [9.17, 15) is 4.79 Å². The fourth-order valence-corrected chi connectivity index (χ4v) is 3.11. The summed E-state index contributed by atoms with van der Waals surface area (Å²) in [6.45, 7) is 0. The van der Waals surface area contributed by atoms with Gasteiger partial charge in [0.05, 0.1) is 15.7 Å². The van der Waals surface area contributed by atoms with E-state index in [-0.39, 0.29) is 12.1 Å². The van der Waals surface area contributed by atoms with Crippen LogP contribution in [0.25, 0.3) is 0 Å². The molecule has 108 valence electrons. The predicted octanol–water partition coefficient (Wildman–Crippen LogP) is 4.28. The molecule has 2 amide bonds. The van der Waals surface area contributed by atoms with Crippen molar-refractivity contribution < 1.29 is 4.79 Å². The van der Waals surface area contributed by atoms with Crippen molar-refractivity contribution in [3.8, 4) is 0 Å². The lowest BCUT2D eigenvalue weighted by Crippen LogP contribution is -2.38. The molecule has 3 rings (SSSR count). The normalized spacial score (nSPS) is 13.8. The topological polar surface area (TPSA) is 41.1 Å². The standard InChI is InChI=1S/C16H14Cl2N2O/c17-13-6-3-7-14(18)15(13)20-16(21)19-12-8-10-4-1-2-5-11(10)9-12/h1-7,12H,8-9H2,(H2,19,20,21). The summed E-state index contributed by atoms with van der Waals surface area (Å²) in [5.74, 6) is 0. The molecule has 0 aliphatic heterocycles. The second-order valence-electron chi connectivity index (χ2n) is 5.07. The molecule has 3 nitrogen and oxygen atoms in total. The molecule has 2 N–H and O–H groups in total. The molecule has 0 aromatic heterocycles. The van der Waals surface area contributed by atoms with Crippen LogP contribution in [0.5, 0.6) is 0 Å². The zero-order chi connectivity index (χ0) is 14.8. The van der Waals surface area contributed by atoms with Gasteiger partial charge in [-0.15, -0.1) is 0 Å². The molecule has 0 radical (unpaired) electrons. The van der Waals surface area contributed by atoms with E-state index in [2.05, 4.69) is 22.8 Å². The molecule has 0 spiro atoms. The van der Waals surface area contributed by atoms with E-state index >= 15 is 0 Å². The van der Waals surface area contributed by atoms with Gasteiger partial charge in [0.2, 0.25) is 0 Å². The molecular weight excluding hydrogens is 307 g/mol. The maximum Gasteiger partial charge on any atom is 0.319 e. The van der Waals surface area contributed by atoms with Gasteiger partial charge in [0.25, 0.3) is 0 Å². The zero-order valence-corrected chi connectivity index (χ0v) is 12.7. The van der Waals surface area contributed by atoms with Crippen molar-refractivity contribution in [2.75, 3.05) is 5.32 Å². The van der Waals surface area contributed by atoms with Crippen LogP contribution < -0.4 is 10.6 Å². The maximum atomic E-state index is 12.1. The van der Waals surface area contributed by atoms with Gasteiger partial charge in [-0.2, -0.15) is 0 Å². The van der Waals surface area contributed by atoms with Crippen LogP contribution in [0, 0.1) is 0 Å². The fraction of sp³-hybridized carbons (Fsp3) is 0.188. The molecule has 0 bridgehead atoms. The van der Waals surface area contributed by atoms with Crippen LogP contribution in [0.15, 0.2) is 42.5 Å². The van der Waals surface area contributed by atoms with Crippen molar-refractivity contribution >= 4 is 34.9 Å². The Kier molecular flexibility index (Phi) is 4.04. The summed E-state index contributed by atoms with van der Waals surface area (Å²) in [5.41, 5.74) is 3.02. The summed E-state index contributed by atoms with van der Waals surface area (Å²) in [6, 6.07) is 13.2. The smallest absolute Gasteiger partial charge is 0.319 e. The Morgan fingerprint density at radius 1 is 0.952 bits per heavy atom. The third kappa shape index (κ3) is 3.14. The minimum Gasteiger partial charge on any atom is -0.334 e. The van der Waals surface area contributed by atoms with E-state index in [1.807, 2.05) is 12.1 Å². The van der Waals surface area contributed by atoms with Gasteiger partial charge in [0, 0.05) is 6.04 Å². The van der Waals surface area contributed by atoms with Gasteiger partial charge < -0.3 is 10.6 Å². The molecule has 1 aliphatic rings. The number of urea groups is 1. The molecule has 0 fully saturated rings. The van der Waals surface area contributed by atoms with Crippen molar-refractivity contribution in [1.82, 2.24) is 5.32 Å². The van der Waals surface area contributed by atoms with E-state index in [1.54, 1.807) is 18.2 Å². The number of benzene rings is 2. The molecule has 0 atom stereocenters. The summed E-state index contributed by atoms with van der Waals surface area (Å²) in [4.78, 5) is 12.1. The number of amides is 2. The lowest BCUT2D eigenvalue weighted by atomic mass is 10.1. The Bertz CT molecular complexity index is 642. The first-order valence-electron chi connectivity index (χ1n) is 6.72. The quantitative estimate of drug-likeness (QED) is 0.851. The van der Waals surface area contributed by atoms with Crippen LogP contribution in [-0.2, 0) is 12.8 Å². The van der Waals surface area contributed by atoms with Crippen LogP contribution in [0.2, 0.25) is 10.0 Å². The van der Waals surface area contributed by atoms with Gasteiger partial charge in [-0.1, -0.05) is 53.5 Å². The Morgan fingerprint density at radius 2 is 1.52 bits per heavy atom. The molecule has 2 aromatic rings. The Hall–Kier alpha value is -1.71. The highest BCUT2D eigenvalue weighted by Gasteiger charge is 2.22. The molecule has 0 unspecified atom stereocenters. The van der Waals surface area contributed by atoms with Crippen LogP contribution in [0.3, 0.4) is 0 Å². The Balaban J connectivity index is 1.64. The first-order chi connectivity index (χ1) is 10.1. The van der Waals surface area contributed by atoms with Gasteiger partial charge in [-0.05, 0) is 36.1 Å². The highest BCUT2D eigenvalue weighted by Crippen LogP contribution is 2.29. The lowest BCUT2D eigenvalue weighted by molar-refractivity contribution is 0.249. The maximum absolute atomic E-state index is 12.1. The number of halogens is 2. The molecule has 5 heteroatoms. The van der Waals surface area contributed by atoms with Crippen LogP contribution in [0.4, 0.5) is 10.5 Å². The molecular formula is C16H14Cl2N2O. The number of nitrogens with one attached hydrogen (secondary N) is 2. The number of hydrogen-bond acceptors (Lipinski definition) is 1. The van der Waals surface area contributed by atoms with Crippen LogP contribution in [-0.4, -0.2) is 12.1 Å². The highest BCUT2D eigenvalue weighted by molar-refractivity contribution is 6.39. The van der Waals surface area contributed by atoms with E-state index < -0.39 is 0 Å². The summed E-state index contributed by atoms with van der Waals surface area (Å²) in [6.07, 6.45) is 1.69. The van der Waals surface area contributed by atoms with E-state index in [4.69, 9.17) is 23.2 Å². The van der Waals surface area contributed by atoms with Gasteiger partial charge >= 0.3 is 6.03 Å². The molecule has 0 saturated carbocycles. The van der Waals surface area contributed by atoms with Crippen molar-refractivity contribution in [3.63, 3.8) is 0 Å². The zero-order valence-electron chi connectivity index (χ0n) is 11.2. The third-order valence-electron chi connectivity index (χ3n) is 3.59. The minimum absolute atomic E-state index is 0.101. The first kappa shape index (κ1) is 14.2. The van der Waals surface area contributed by atoms with E-state index in [0.717, 1.165) is 12.8 Å². The molecule has 2 aromatic carbocycles. The lowest BCUT2D eigenvalue weighted by Gasteiger charge is -2.14. The average molecular weight is 321 g/mol. The van der Waals surface area contributed by atoms with Crippen LogP contribution >= 0.6 is 23.2 Å². The molecule has 0 heterocycles. The van der Waals surface area contributed by atoms with E-state index in [0.29, 0.717) is 15.7 Å². The number of carbonyl (C=O) groups excluding carboxylic acids is 1. The van der Waals surface area contributed by atoms with E-state index in [1.165, 1.54) is 11.1 Å².